The van der Waals surface area contributed by atoms with E-state index < -0.39 is 0 Å². The van der Waals surface area contributed by atoms with Gasteiger partial charge in [0, 0.05) is 0 Å². The maximum atomic E-state index is 13.1. The summed E-state index contributed by atoms with van der Waals surface area (Å²) in [6, 6.07) is 7.96. The number of hydrogen-bond donors (Lipinski definition) is 0. The first-order valence-electron chi connectivity index (χ1n) is 15.0. The molecule has 0 aliphatic carbocycles. The summed E-state index contributed by atoms with van der Waals surface area (Å²) in [6.07, 6.45) is 3.47. The molecule has 2 aromatic carbocycles. The van der Waals surface area contributed by atoms with Gasteiger partial charge < -0.3 is 9.47 Å². The van der Waals surface area contributed by atoms with Crippen LogP contribution in [0.1, 0.15) is 173 Å². The Morgan fingerprint density at radius 1 is 0.500 bits per heavy atom. The Morgan fingerprint density at radius 3 is 1.05 bits per heavy atom. The second-order valence-electron chi connectivity index (χ2n) is 12.7. The smallest absolute Gasteiger partial charge is 0.338 e. The molecule has 0 unspecified atom stereocenters. The van der Waals surface area contributed by atoms with Crippen molar-refractivity contribution in [2.24, 2.45) is 0 Å². The Hall–Kier alpha value is -2.88. The lowest BCUT2D eigenvalue weighted by molar-refractivity contribution is 0.0525. The molecule has 0 bridgehead atoms. The molecular weight excluding hydrogens is 496 g/mol. The van der Waals surface area contributed by atoms with Crippen molar-refractivity contribution in [2.75, 3.05) is 13.2 Å². The molecule has 0 aromatic heterocycles. The highest BCUT2D eigenvalue weighted by Crippen LogP contribution is 2.37. The van der Waals surface area contributed by atoms with E-state index in [1.807, 2.05) is 12.1 Å². The molecular formula is C36H52O4. The molecule has 0 aliphatic heterocycles. The molecule has 0 amide bonds. The van der Waals surface area contributed by atoms with E-state index in [0.29, 0.717) is 34.8 Å². The van der Waals surface area contributed by atoms with Gasteiger partial charge in [-0.2, -0.15) is 0 Å². The average molecular weight is 549 g/mol. The third-order valence-corrected chi connectivity index (χ3v) is 7.42. The van der Waals surface area contributed by atoms with Gasteiger partial charge >= 0.3 is 11.9 Å². The van der Waals surface area contributed by atoms with Gasteiger partial charge in [0.1, 0.15) is 13.2 Å². The topological polar surface area (TPSA) is 52.6 Å². The molecule has 2 aromatic rings. The van der Waals surface area contributed by atoms with Crippen molar-refractivity contribution >= 4 is 11.9 Å². The summed E-state index contributed by atoms with van der Waals surface area (Å²) in [5.41, 5.74) is 8.51. The monoisotopic (exact) mass is 548 g/mol. The van der Waals surface area contributed by atoms with Crippen molar-refractivity contribution in [2.45, 2.75) is 119 Å². The molecule has 40 heavy (non-hydrogen) atoms. The standard InChI is InChI=1S/C36H52O4/c1-21(2)27-15-17-29(33(25(9)10)31(27)23(5)6)35(37)39-19-13-14-20-40-36(38)30-18-16-28(22(3)4)32(24(7)8)34(30)26(11)12/h13-18,21-26H,19-20H2,1-12H3. The molecule has 0 fully saturated rings. The van der Waals surface area contributed by atoms with Crippen LogP contribution in [0.5, 0.6) is 0 Å². The van der Waals surface area contributed by atoms with Crippen molar-refractivity contribution in [3.8, 4) is 0 Å². The zero-order valence-electron chi connectivity index (χ0n) is 27.0. The van der Waals surface area contributed by atoms with Crippen molar-refractivity contribution < 1.29 is 19.1 Å². The minimum Gasteiger partial charge on any atom is -0.458 e. The van der Waals surface area contributed by atoms with Crippen LogP contribution in [0.3, 0.4) is 0 Å². The molecule has 4 heteroatoms. The summed E-state index contributed by atoms with van der Waals surface area (Å²) in [4.78, 5) is 26.1. The van der Waals surface area contributed by atoms with Gasteiger partial charge in [-0.25, -0.2) is 9.59 Å². The number of ether oxygens (including phenoxy) is 2. The van der Waals surface area contributed by atoms with Gasteiger partial charge in [-0.3, -0.25) is 0 Å². The van der Waals surface area contributed by atoms with E-state index in [-0.39, 0.29) is 37.0 Å². The molecule has 0 radical (unpaired) electrons. The molecule has 0 N–H and O–H groups in total. The van der Waals surface area contributed by atoms with Crippen LogP contribution in [0.25, 0.3) is 0 Å². The highest BCUT2D eigenvalue weighted by molar-refractivity contribution is 5.93. The van der Waals surface area contributed by atoms with Gasteiger partial charge in [0.2, 0.25) is 0 Å². The maximum absolute atomic E-state index is 13.1. The lowest BCUT2D eigenvalue weighted by Gasteiger charge is -2.25. The zero-order chi connectivity index (χ0) is 30.3. The Balaban J connectivity index is 2.12. The minimum atomic E-state index is -0.324. The number of hydrogen-bond acceptors (Lipinski definition) is 4. The second-order valence-corrected chi connectivity index (χ2v) is 12.7. The number of rotatable bonds is 12. The van der Waals surface area contributed by atoms with Crippen LogP contribution in [-0.4, -0.2) is 25.2 Å². The SMILES string of the molecule is CC(C)c1ccc(C(=O)OCC=CCOC(=O)c2ccc(C(C)C)c(C(C)C)c2C(C)C)c(C(C)C)c1C(C)C. The first-order valence-corrected chi connectivity index (χ1v) is 15.0. The summed E-state index contributed by atoms with van der Waals surface area (Å²) in [5, 5.41) is 0. The predicted molar refractivity (Wildman–Crippen MR) is 167 cm³/mol. The van der Waals surface area contributed by atoms with Crippen LogP contribution < -0.4 is 0 Å². The van der Waals surface area contributed by atoms with Crippen molar-refractivity contribution in [1.82, 2.24) is 0 Å². The van der Waals surface area contributed by atoms with Crippen molar-refractivity contribution in [3.05, 3.63) is 80.9 Å². The van der Waals surface area contributed by atoms with Crippen molar-refractivity contribution in [3.63, 3.8) is 0 Å². The summed E-state index contributed by atoms with van der Waals surface area (Å²) < 4.78 is 11.2. The fraction of sp³-hybridized carbons (Fsp3) is 0.556. The number of carbonyl (C=O) groups is 2. The molecule has 2 rings (SSSR count). The largest absolute Gasteiger partial charge is 0.458 e. The molecule has 220 valence electrons. The quantitative estimate of drug-likeness (QED) is 0.196. The fourth-order valence-corrected chi connectivity index (χ4v) is 5.74. The van der Waals surface area contributed by atoms with E-state index in [9.17, 15) is 9.59 Å². The first-order chi connectivity index (χ1) is 18.7. The predicted octanol–water partition coefficient (Wildman–Crippen LogP) is 10.00. The summed E-state index contributed by atoms with van der Waals surface area (Å²) >= 11 is 0. The zero-order valence-corrected chi connectivity index (χ0v) is 27.0. The molecule has 4 nitrogen and oxygen atoms in total. The molecule has 0 saturated carbocycles. The summed E-state index contributed by atoms with van der Waals surface area (Å²) in [7, 11) is 0. The first kappa shape index (κ1) is 33.3. The van der Waals surface area contributed by atoms with Gasteiger partial charge in [-0.05, 0) is 93.2 Å². The van der Waals surface area contributed by atoms with Crippen LogP contribution >= 0.6 is 0 Å². The lowest BCUT2D eigenvalue weighted by atomic mass is 9.81. The fourth-order valence-electron chi connectivity index (χ4n) is 5.74. The van der Waals surface area contributed by atoms with E-state index in [4.69, 9.17) is 9.47 Å². The van der Waals surface area contributed by atoms with Crippen LogP contribution in [0.2, 0.25) is 0 Å². The molecule has 0 saturated heterocycles. The van der Waals surface area contributed by atoms with Crippen LogP contribution in [0.15, 0.2) is 36.4 Å². The highest BCUT2D eigenvalue weighted by atomic mass is 16.5. The highest BCUT2D eigenvalue weighted by Gasteiger charge is 2.25. The van der Waals surface area contributed by atoms with Crippen LogP contribution in [0, 0.1) is 0 Å². The van der Waals surface area contributed by atoms with Gasteiger partial charge in [0.15, 0.2) is 0 Å². The maximum Gasteiger partial charge on any atom is 0.338 e. The molecule has 0 aliphatic rings. The third kappa shape index (κ3) is 7.86. The number of benzene rings is 2. The molecule has 0 atom stereocenters. The van der Waals surface area contributed by atoms with E-state index >= 15 is 0 Å². The second kappa shape index (κ2) is 14.7. The number of carbonyl (C=O) groups excluding carboxylic acids is 2. The van der Waals surface area contributed by atoms with Gasteiger partial charge in [-0.1, -0.05) is 95.2 Å². The average Bonchev–Trinajstić information content (AvgIpc) is 2.87. The van der Waals surface area contributed by atoms with E-state index in [0.717, 1.165) is 11.1 Å². The third-order valence-electron chi connectivity index (χ3n) is 7.42. The van der Waals surface area contributed by atoms with Crippen molar-refractivity contribution in [1.29, 1.82) is 0 Å². The Morgan fingerprint density at radius 2 is 0.800 bits per heavy atom. The summed E-state index contributed by atoms with van der Waals surface area (Å²) in [5.74, 6) is 1.15. The van der Waals surface area contributed by atoms with E-state index in [1.54, 1.807) is 12.2 Å². The Kier molecular flexibility index (Phi) is 12.2. The van der Waals surface area contributed by atoms with Gasteiger partial charge in [-0.15, -0.1) is 0 Å². The normalized spacial score (nSPS) is 12.2. The van der Waals surface area contributed by atoms with Crippen LogP contribution in [0.4, 0.5) is 0 Å². The van der Waals surface area contributed by atoms with E-state index in [2.05, 4.69) is 95.2 Å². The van der Waals surface area contributed by atoms with E-state index in [1.165, 1.54) is 22.3 Å². The molecule has 0 spiro atoms. The Bertz CT molecular complexity index is 1100. The van der Waals surface area contributed by atoms with Gasteiger partial charge in [0.05, 0.1) is 11.1 Å². The molecule has 0 heterocycles. The summed E-state index contributed by atoms with van der Waals surface area (Å²) in [6.45, 7) is 26.2. The minimum absolute atomic E-state index is 0.120. The van der Waals surface area contributed by atoms with Crippen LogP contribution in [-0.2, 0) is 9.47 Å². The van der Waals surface area contributed by atoms with Gasteiger partial charge in [0.25, 0.3) is 0 Å². The Labute approximate surface area is 243 Å². The number of esters is 2. The lowest BCUT2D eigenvalue weighted by Crippen LogP contribution is -2.15.